The molecule has 0 aliphatic carbocycles. The first-order valence-electron chi connectivity index (χ1n) is 8.34. The predicted molar refractivity (Wildman–Crippen MR) is 102 cm³/mol. The lowest BCUT2D eigenvalue weighted by atomic mass is 10.1. The summed E-state index contributed by atoms with van der Waals surface area (Å²) in [5.41, 5.74) is 5.83. The van der Waals surface area contributed by atoms with Crippen LogP contribution in [0.3, 0.4) is 0 Å². The summed E-state index contributed by atoms with van der Waals surface area (Å²) >= 11 is 0. The second-order valence-electron chi connectivity index (χ2n) is 6.20. The lowest BCUT2D eigenvalue weighted by Gasteiger charge is -2.14. The molecule has 3 aromatic rings. The number of anilines is 2. The fourth-order valence-electron chi connectivity index (χ4n) is 3.05. The fourth-order valence-corrected chi connectivity index (χ4v) is 3.05. The standard InChI is InChI=1S/C20H19N5O/c1-12-3-5-13(6-4-12)17-18(26-2)20(24-11-23-17)25-15-7-8-16-14(9-15)10-22-19(16)21/h3-9,11H,10H2,1-2H3,(H2,21,22)(H,23,24,25). The van der Waals surface area contributed by atoms with Crippen molar-refractivity contribution in [2.45, 2.75) is 13.5 Å². The van der Waals surface area contributed by atoms with Gasteiger partial charge in [-0.15, -0.1) is 0 Å². The lowest BCUT2D eigenvalue weighted by Crippen LogP contribution is -2.12. The highest BCUT2D eigenvalue weighted by atomic mass is 16.5. The molecule has 0 bridgehead atoms. The largest absolute Gasteiger partial charge is 0.491 e. The van der Waals surface area contributed by atoms with Crippen LogP contribution >= 0.6 is 0 Å². The second kappa shape index (κ2) is 6.48. The van der Waals surface area contributed by atoms with Crippen molar-refractivity contribution < 1.29 is 4.74 Å². The Labute approximate surface area is 151 Å². The number of benzene rings is 2. The minimum atomic E-state index is 0.466. The average molecular weight is 345 g/mol. The molecule has 1 aliphatic heterocycles. The minimum Gasteiger partial charge on any atom is -0.491 e. The summed E-state index contributed by atoms with van der Waals surface area (Å²) in [6.07, 6.45) is 1.53. The molecule has 0 unspecified atom stereocenters. The van der Waals surface area contributed by atoms with Gasteiger partial charge in [0.15, 0.2) is 11.6 Å². The van der Waals surface area contributed by atoms with E-state index in [1.807, 2.05) is 42.5 Å². The Morgan fingerprint density at radius 1 is 1.12 bits per heavy atom. The van der Waals surface area contributed by atoms with Crippen LogP contribution < -0.4 is 15.4 Å². The van der Waals surface area contributed by atoms with Crippen LogP contribution in [0.5, 0.6) is 5.75 Å². The zero-order valence-electron chi connectivity index (χ0n) is 14.6. The Balaban J connectivity index is 1.70. The number of hydrogen-bond donors (Lipinski definition) is 3. The van der Waals surface area contributed by atoms with Gasteiger partial charge in [0.25, 0.3) is 0 Å². The first-order valence-corrected chi connectivity index (χ1v) is 8.34. The van der Waals surface area contributed by atoms with Crippen LogP contribution in [0.15, 0.2) is 48.8 Å². The minimum absolute atomic E-state index is 0.466. The van der Waals surface area contributed by atoms with Gasteiger partial charge in [-0.25, -0.2) is 9.97 Å². The smallest absolute Gasteiger partial charge is 0.187 e. The second-order valence-corrected chi connectivity index (χ2v) is 6.20. The van der Waals surface area contributed by atoms with E-state index in [-0.39, 0.29) is 0 Å². The molecule has 6 nitrogen and oxygen atoms in total. The van der Waals surface area contributed by atoms with Crippen molar-refractivity contribution in [3.63, 3.8) is 0 Å². The van der Waals surface area contributed by atoms with Crippen molar-refractivity contribution in [2.75, 3.05) is 12.4 Å². The molecule has 0 amide bonds. The van der Waals surface area contributed by atoms with Crippen LogP contribution in [0.1, 0.15) is 16.7 Å². The van der Waals surface area contributed by atoms with Gasteiger partial charge in [0.1, 0.15) is 17.9 Å². The molecule has 2 heterocycles. The van der Waals surface area contributed by atoms with Gasteiger partial charge in [-0.3, -0.25) is 5.41 Å². The number of aromatic nitrogens is 2. The van der Waals surface area contributed by atoms with E-state index in [1.165, 1.54) is 11.9 Å². The first-order chi connectivity index (χ1) is 12.7. The third-order valence-electron chi connectivity index (χ3n) is 4.43. The number of aryl methyl sites for hydroxylation is 1. The molecular weight excluding hydrogens is 326 g/mol. The van der Waals surface area contributed by atoms with Crippen LogP contribution in [-0.4, -0.2) is 22.9 Å². The Bertz CT molecular complexity index is 982. The topological polar surface area (TPSA) is 82.9 Å². The van der Waals surface area contributed by atoms with Crippen molar-refractivity contribution in [2.24, 2.45) is 0 Å². The van der Waals surface area contributed by atoms with Gasteiger partial charge < -0.3 is 15.4 Å². The summed E-state index contributed by atoms with van der Waals surface area (Å²) in [6.45, 7) is 2.72. The van der Waals surface area contributed by atoms with E-state index in [0.717, 1.165) is 28.1 Å². The van der Waals surface area contributed by atoms with Crippen LogP contribution in [-0.2, 0) is 6.54 Å². The van der Waals surface area contributed by atoms with E-state index in [4.69, 9.17) is 10.1 Å². The summed E-state index contributed by atoms with van der Waals surface area (Å²) in [4.78, 5) is 8.76. The van der Waals surface area contributed by atoms with E-state index >= 15 is 0 Å². The number of fused-ring (bicyclic) bond motifs is 1. The highest BCUT2D eigenvalue weighted by molar-refractivity contribution is 6.00. The molecule has 0 fully saturated rings. The number of methoxy groups -OCH3 is 1. The number of ether oxygens (including phenoxy) is 1. The third kappa shape index (κ3) is 2.86. The molecule has 4 rings (SSSR count). The summed E-state index contributed by atoms with van der Waals surface area (Å²) in [7, 11) is 1.62. The van der Waals surface area contributed by atoms with E-state index in [0.29, 0.717) is 23.9 Å². The van der Waals surface area contributed by atoms with Crippen molar-refractivity contribution in [1.29, 1.82) is 5.41 Å². The van der Waals surface area contributed by atoms with Crippen LogP contribution in [0.4, 0.5) is 11.5 Å². The van der Waals surface area contributed by atoms with Gasteiger partial charge in [-0.2, -0.15) is 0 Å². The molecule has 0 saturated carbocycles. The quantitative estimate of drug-likeness (QED) is 0.672. The maximum Gasteiger partial charge on any atom is 0.187 e. The monoisotopic (exact) mass is 345 g/mol. The lowest BCUT2D eigenvalue weighted by molar-refractivity contribution is 0.415. The molecule has 1 aliphatic rings. The van der Waals surface area contributed by atoms with Crippen LogP contribution in [0.2, 0.25) is 0 Å². The van der Waals surface area contributed by atoms with Crippen LogP contribution in [0, 0.1) is 12.3 Å². The third-order valence-corrected chi connectivity index (χ3v) is 4.43. The van der Waals surface area contributed by atoms with Crippen LogP contribution in [0.25, 0.3) is 11.3 Å². The number of nitrogens with zero attached hydrogens (tertiary/aromatic N) is 2. The Morgan fingerprint density at radius 2 is 1.92 bits per heavy atom. The van der Waals surface area contributed by atoms with E-state index in [2.05, 4.69) is 27.5 Å². The van der Waals surface area contributed by atoms with Gasteiger partial charge in [0, 0.05) is 23.4 Å². The van der Waals surface area contributed by atoms with Crippen molar-refractivity contribution >= 4 is 17.3 Å². The van der Waals surface area contributed by atoms with Gasteiger partial charge in [0.2, 0.25) is 0 Å². The molecule has 130 valence electrons. The number of rotatable bonds is 4. The summed E-state index contributed by atoms with van der Waals surface area (Å²) in [5.74, 6) is 1.68. The molecule has 6 heteroatoms. The Hall–Kier alpha value is -3.41. The SMILES string of the molecule is COc1c(Nc2ccc3c(c2)CNC3=N)ncnc1-c1ccc(C)cc1. The van der Waals surface area contributed by atoms with Crippen molar-refractivity contribution in [1.82, 2.24) is 15.3 Å². The van der Waals surface area contributed by atoms with Gasteiger partial charge in [-0.05, 0) is 30.7 Å². The Morgan fingerprint density at radius 3 is 2.69 bits per heavy atom. The molecule has 0 spiro atoms. The number of amidine groups is 1. The molecular formula is C20H19N5O. The summed E-state index contributed by atoms with van der Waals surface area (Å²) < 4.78 is 5.61. The molecule has 0 atom stereocenters. The van der Waals surface area contributed by atoms with Gasteiger partial charge in [0.05, 0.1) is 7.11 Å². The highest BCUT2D eigenvalue weighted by Gasteiger charge is 2.17. The molecule has 3 N–H and O–H groups in total. The Kier molecular flexibility index (Phi) is 4.01. The highest BCUT2D eigenvalue weighted by Crippen LogP contribution is 2.35. The summed E-state index contributed by atoms with van der Waals surface area (Å²) in [5, 5.41) is 14.2. The molecule has 0 saturated heterocycles. The first kappa shape index (κ1) is 16.1. The van der Waals surface area contributed by atoms with Gasteiger partial charge in [-0.1, -0.05) is 29.8 Å². The van der Waals surface area contributed by atoms with E-state index in [1.54, 1.807) is 7.11 Å². The van der Waals surface area contributed by atoms with E-state index < -0.39 is 0 Å². The van der Waals surface area contributed by atoms with Crippen molar-refractivity contribution in [3.8, 4) is 17.0 Å². The van der Waals surface area contributed by atoms with E-state index in [9.17, 15) is 0 Å². The molecule has 1 aromatic heterocycles. The number of nitrogens with one attached hydrogen (secondary N) is 3. The summed E-state index contributed by atoms with van der Waals surface area (Å²) in [6, 6.07) is 14.0. The van der Waals surface area contributed by atoms with Gasteiger partial charge >= 0.3 is 0 Å². The molecule has 2 aromatic carbocycles. The zero-order chi connectivity index (χ0) is 18.1. The predicted octanol–water partition coefficient (Wildman–Crippen LogP) is 3.63. The fraction of sp³-hybridized carbons (Fsp3) is 0.150. The molecule has 26 heavy (non-hydrogen) atoms. The molecule has 0 radical (unpaired) electrons. The number of hydrogen-bond acceptors (Lipinski definition) is 5. The zero-order valence-corrected chi connectivity index (χ0v) is 14.6. The maximum absolute atomic E-state index is 7.85. The maximum atomic E-state index is 7.85. The van der Waals surface area contributed by atoms with Crippen molar-refractivity contribution in [3.05, 3.63) is 65.5 Å². The normalized spacial score (nSPS) is 12.5. The average Bonchev–Trinajstić information content (AvgIpc) is 3.02.